The van der Waals surface area contributed by atoms with Crippen molar-refractivity contribution in [3.05, 3.63) is 35.9 Å². The Morgan fingerprint density at radius 3 is 2.67 bits per heavy atom. The maximum atomic E-state index is 12.2. The minimum atomic E-state index is -0.783. The van der Waals surface area contributed by atoms with Crippen molar-refractivity contribution in [1.82, 2.24) is 4.90 Å². The van der Waals surface area contributed by atoms with Crippen LogP contribution >= 0.6 is 0 Å². The van der Waals surface area contributed by atoms with E-state index in [-0.39, 0.29) is 18.2 Å². The molecule has 1 aromatic rings. The van der Waals surface area contributed by atoms with Crippen molar-refractivity contribution in [3.63, 3.8) is 0 Å². The van der Waals surface area contributed by atoms with Crippen LogP contribution in [0.2, 0.25) is 0 Å². The summed E-state index contributed by atoms with van der Waals surface area (Å²) in [5.74, 6) is -0.691. The normalized spacial score (nSPS) is 19.6. The van der Waals surface area contributed by atoms with E-state index < -0.39 is 5.97 Å². The zero-order chi connectivity index (χ0) is 13.0. The average Bonchev–Trinajstić information content (AvgIpc) is 2.38. The lowest BCUT2D eigenvalue weighted by Gasteiger charge is -2.32. The molecule has 0 aromatic heterocycles. The molecule has 18 heavy (non-hydrogen) atoms. The van der Waals surface area contributed by atoms with Crippen LogP contribution in [0.25, 0.3) is 0 Å². The molecule has 1 saturated heterocycles. The molecule has 4 heteroatoms. The largest absolute Gasteiger partial charge is 0.481 e. The van der Waals surface area contributed by atoms with Gasteiger partial charge in [0.05, 0.1) is 0 Å². The van der Waals surface area contributed by atoms with E-state index in [1.807, 2.05) is 18.2 Å². The van der Waals surface area contributed by atoms with E-state index in [0.29, 0.717) is 12.1 Å². The predicted molar refractivity (Wildman–Crippen MR) is 67.3 cm³/mol. The fraction of sp³-hybridized carbons (Fsp3) is 0.429. The number of carbonyl (C=O) groups excluding carboxylic acids is 1. The molecule has 1 atom stereocenters. The van der Waals surface area contributed by atoms with Crippen molar-refractivity contribution in [2.75, 3.05) is 13.1 Å². The van der Waals surface area contributed by atoms with Crippen molar-refractivity contribution in [2.45, 2.75) is 19.3 Å². The van der Waals surface area contributed by atoms with Gasteiger partial charge in [-0.25, -0.2) is 0 Å². The first-order valence-electron chi connectivity index (χ1n) is 6.23. The zero-order valence-corrected chi connectivity index (χ0v) is 10.2. The van der Waals surface area contributed by atoms with Gasteiger partial charge in [0.2, 0.25) is 0 Å². The van der Waals surface area contributed by atoms with Gasteiger partial charge in [0.15, 0.2) is 0 Å². The summed E-state index contributed by atoms with van der Waals surface area (Å²) in [7, 11) is 0. The lowest BCUT2D eigenvalue weighted by molar-refractivity contribution is -0.138. The van der Waals surface area contributed by atoms with Crippen molar-refractivity contribution in [3.8, 4) is 0 Å². The molecule has 0 saturated carbocycles. The van der Waals surface area contributed by atoms with Gasteiger partial charge in [0.25, 0.3) is 5.91 Å². The fourth-order valence-corrected chi connectivity index (χ4v) is 2.43. The maximum Gasteiger partial charge on any atom is 0.303 e. The Morgan fingerprint density at radius 2 is 2.00 bits per heavy atom. The quantitative estimate of drug-likeness (QED) is 0.889. The molecule has 0 radical (unpaired) electrons. The van der Waals surface area contributed by atoms with E-state index >= 15 is 0 Å². The highest BCUT2D eigenvalue weighted by molar-refractivity contribution is 5.94. The van der Waals surface area contributed by atoms with Gasteiger partial charge in [0.1, 0.15) is 0 Å². The third kappa shape index (κ3) is 3.09. The molecular weight excluding hydrogens is 230 g/mol. The van der Waals surface area contributed by atoms with Crippen LogP contribution in [0.1, 0.15) is 29.6 Å². The summed E-state index contributed by atoms with van der Waals surface area (Å²) in [4.78, 5) is 24.7. The summed E-state index contributed by atoms with van der Waals surface area (Å²) in [6.07, 6.45) is 1.93. The van der Waals surface area contributed by atoms with Crippen molar-refractivity contribution >= 4 is 11.9 Å². The number of hydrogen-bond acceptors (Lipinski definition) is 2. The van der Waals surface area contributed by atoms with Crippen LogP contribution in [0.5, 0.6) is 0 Å². The Hall–Kier alpha value is -1.84. The van der Waals surface area contributed by atoms with Gasteiger partial charge in [-0.3, -0.25) is 9.59 Å². The molecule has 4 nitrogen and oxygen atoms in total. The summed E-state index contributed by atoms with van der Waals surface area (Å²) in [6, 6.07) is 9.14. The Morgan fingerprint density at radius 1 is 1.28 bits per heavy atom. The van der Waals surface area contributed by atoms with Crippen molar-refractivity contribution in [2.24, 2.45) is 5.92 Å². The van der Waals surface area contributed by atoms with Crippen molar-refractivity contribution in [1.29, 1.82) is 0 Å². The summed E-state index contributed by atoms with van der Waals surface area (Å²) in [5, 5.41) is 8.80. The van der Waals surface area contributed by atoms with Gasteiger partial charge >= 0.3 is 5.97 Å². The number of rotatable bonds is 3. The number of aliphatic carboxylic acids is 1. The topological polar surface area (TPSA) is 57.6 Å². The molecule has 1 fully saturated rings. The molecule has 1 aliphatic heterocycles. The van der Waals surface area contributed by atoms with Gasteiger partial charge in [-0.2, -0.15) is 0 Å². The van der Waals surface area contributed by atoms with Crippen LogP contribution in [0.4, 0.5) is 0 Å². The molecule has 0 spiro atoms. The van der Waals surface area contributed by atoms with E-state index in [4.69, 9.17) is 5.11 Å². The second-order valence-corrected chi connectivity index (χ2v) is 4.72. The minimum Gasteiger partial charge on any atom is -0.481 e. The van der Waals surface area contributed by atoms with Gasteiger partial charge < -0.3 is 10.0 Å². The standard InChI is InChI=1S/C14H17NO3/c16-13(17)9-11-5-4-8-15(10-11)14(18)12-6-2-1-3-7-12/h1-3,6-7,11H,4-5,8-10H2,(H,16,17)/t11-/m0/s1. The molecule has 0 unspecified atom stereocenters. The number of carboxylic acids is 1. The maximum absolute atomic E-state index is 12.2. The highest BCUT2D eigenvalue weighted by Crippen LogP contribution is 2.21. The first-order valence-corrected chi connectivity index (χ1v) is 6.23. The second kappa shape index (κ2) is 5.67. The van der Waals surface area contributed by atoms with Crippen LogP contribution in [-0.4, -0.2) is 35.0 Å². The number of likely N-dealkylation sites (tertiary alicyclic amines) is 1. The van der Waals surface area contributed by atoms with E-state index in [1.165, 1.54) is 0 Å². The van der Waals surface area contributed by atoms with Crippen LogP contribution in [0, 0.1) is 5.92 Å². The van der Waals surface area contributed by atoms with Gasteiger partial charge in [-0.05, 0) is 30.9 Å². The van der Waals surface area contributed by atoms with Crippen LogP contribution < -0.4 is 0 Å². The SMILES string of the molecule is O=C(O)C[C@@H]1CCCN(C(=O)c2ccccc2)C1. The minimum absolute atomic E-state index is 0.00527. The van der Waals surface area contributed by atoms with Gasteiger partial charge in [0, 0.05) is 25.1 Å². The lowest BCUT2D eigenvalue weighted by Crippen LogP contribution is -2.40. The van der Waals surface area contributed by atoms with E-state index in [1.54, 1.807) is 17.0 Å². The Kier molecular flexibility index (Phi) is 3.97. The number of carboxylic acid groups (broad SMARTS) is 1. The molecule has 1 N–H and O–H groups in total. The lowest BCUT2D eigenvalue weighted by atomic mass is 9.94. The monoisotopic (exact) mass is 247 g/mol. The molecule has 1 amide bonds. The summed E-state index contributed by atoms with van der Waals surface area (Å²) in [6.45, 7) is 1.28. The van der Waals surface area contributed by atoms with Gasteiger partial charge in [-0.15, -0.1) is 0 Å². The molecule has 2 rings (SSSR count). The summed E-state index contributed by atoms with van der Waals surface area (Å²) >= 11 is 0. The van der Waals surface area contributed by atoms with Crippen molar-refractivity contribution < 1.29 is 14.7 Å². The Balaban J connectivity index is 2.00. The van der Waals surface area contributed by atoms with E-state index in [9.17, 15) is 9.59 Å². The van der Waals surface area contributed by atoms with Crippen LogP contribution in [0.3, 0.4) is 0 Å². The van der Waals surface area contributed by atoms with Crippen LogP contribution in [-0.2, 0) is 4.79 Å². The van der Waals surface area contributed by atoms with E-state index in [0.717, 1.165) is 19.4 Å². The third-order valence-electron chi connectivity index (χ3n) is 3.29. The molecule has 0 aliphatic carbocycles. The molecule has 0 bridgehead atoms. The zero-order valence-electron chi connectivity index (χ0n) is 10.2. The fourth-order valence-electron chi connectivity index (χ4n) is 2.43. The first kappa shape index (κ1) is 12.6. The van der Waals surface area contributed by atoms with Gasteiger partial charge in [-0.1, -0.05) is 18.2 Å². The number of amides is 1. The summed E-state index contributed by atoms with van der Waals surface area (Å²) < 4.78 is 0. The molecule has 1 heterocycles. The Bertz CT molecular complexity index is 430. The Labute approximate surface area is 106 Å². The molecular formula is C14H17NO3. The number of benzene rings is 1. The highest BCUT2D eigenvalue weighted by atomic mass is 16.4. The molecule has 1 aliphatic rings. The molecule has 96 valence electrons. The van der Waals surface area contributed by atoms with E-state index in [2.05, 4.69) is 0 Å². The number of piperidine rings is 1. The highest BCUT2D eigenvalue weighted by Gasteiger charge is 2.25. The third-order valence-corrected chi connectivity index (χ3v) is 3.29. The number of nitrogens with zero attached hydrogens (tertiary/aromatic N) is 1. The average molecular weight is 247 g/mol. The predicted octanol–water partition coefficient (Wildman–Crippen LogP) is 2.01. The van der Waals surface area contributed by atoms with Crippen LogP contribution in [0.15, 0.2) is 30.3 Å². The second-order valence-electron chi connectivity index (χ2n) is 4.72. The first-order chi connectivity index (χ1) is 8.66. The smallest absolute Gasteiger partial charge is 0.303 e. The number of hydrogen-bond donors (Lipinski definition) is 1. The summed E-state index contributed by atoms with van der Waals surface area (Å²) in [5.41, 5.74) is 0.675. The number of carbonyl (C=O) groups is 2. The molecule has 1 aromatic carbocycles.